The molecule has 0 saturated carbocycles. The standard InChI is InChI=1S/C13H17NO4/c1-9(14(2)12(15)8-13(16)17)10-6-4-5-7-11(10)18-3/h4-7,9H,8H2,1-3H3,(H,16,17). The van der Waals surface area contributed by atoms with Crippen LogP contribution in [0.2, 0.25) is 0 Å². The third-order valence-corrected chi connectivity index (χ3v) is 2.87. The molecule has 5 nitrogen and oxygen atoms in total. The van der Waals surface area contributed by atoms with E-state index in [-0.39, 0.29) is 6.04 Å². The fourth-order valence-electron chi connectivity index (χ4n) is 1.69. The Balaban J connectivity index is 2.89. The molecule has 1 unspecified atom stereocenters. The van der Waals surface area contributed by atoms with Gasteiger partial charge in [0.05, 0.1) is 13.2 Å². The Morgan fingerprint density at radius 3 is 2.56 bits per heavy atom. The lowest BCUT2D eigenvalue weighted by atomic mass is 10.1. The quantitative estimate of drug-likeness (QED) is 0.809. The third kappa shape index (κ3) is 3.23. The largest absolute Gasteiger partial charge is 0.496 e. The minimum Gasteiger partial charge on any atom is -0.496 e. The van der Waals surface area contributed by atoms with Crippen molar-refractivity contribution in [2.45, 2.75) is 19.4 Å². The van der Waals surface area contributed by atoms with E-state index in [4.69, 9.17) is 9.84 Å². The second-order valence-corrected chi connectivity index (χ2v) is 3.99. The summed E-state index contributed by atoms with van der Waals surface area (Å²) < 4.78 is 5.22. The van der Waals surface area contributed by atoms with Crippen molar-refractivity contribution in [2.24, 2.45) is 0 Å². The second kappa shape index (κ2) is 6.05. The number of carboxylic acids is 1. The first-order valence-electron chi connectivity index (χ1n) is 5.57. The van der Waals surface area contributed by atoms with E-state index < -0.39 is 18.3 Å². The van der Waals surface area contributed by atoms with Crippen molar-refractivity contribution in [2.75, 3.05) is 14.2 Å². The lowest BCUT2D eigenvalue weighted by molar-refractivity contribution is -0.144. The van der Waals surface area contributed by atoms with E-state index in [9.17, 15) is 9.59 Å². The summed E-state index contributed by atoms with van der Waals surface area (Å²) in [6.07, 6.45) is -0.504. The Labute approximate surface area is 106 Å². The molecule has 0 aliphatic carbocycles. The fraction of sp³-hybridized carbons (Fsp3) is 0.385. The highest BCUT2D eigenvalue weighted by molar-refractivity contribution is 5.93. The number of carbonyl (C=O) groups is 2. The maximum Gasteiger partial charge on any atom is 0.312 e. The molecule has 0 aliphatic rings. The van der Waals surface area contributed by atoms with Crippen molar-refractivity contribution in [1.29, 1.82) is 0 Å². The topological polar surface area (TPSA) is 66.8 Å². The number of nitrogens with zero attached hydrogens (tertiary/aromatic N) is 1. The molecular formula is C13H17NO4. The van der Waals surface area contributed by atoms with E-state index in [1.165, 1.54) is 4.90 Å². The highest BCUT2D eigenvalue weighted by atomic mass is 16.5. The summed E-state index contributed by atoms with van der Waals surface area (Å²) in [5.74, 6) is -0.875. The number of carboxylic acid groups (broad SMARTS) is 1. The van der Waals surface area contributed by atoms with Gasteiger partial charge in [-0.25, -0.2) is 0 Å². The number of aliphatic carboxylic acids is 1. The van der Waals surface area contributed by atoms with Gasteiger partial charge in [0, 0.05) is 12.6 Å². The number of hydrogen-bond acceptors (Lipinski definition) is 3. The molecule has 5 heteroatoms. The zero-order valence-electron chi connectivity index (χ0n) is 10.7. The van der Waals surface area contributed by atoms with Crippen molar-refractivity contribution in [3.8, 4) is 5.75 Å². The molecule has 1 aromatic rings. The monoisotopic (exact) mass is 251 g/mol. The molecule has 1 atom stereocenters. The summed E-state index contributed by atoms with van der Waals surface area (Å²) in [6.45, 7) is 1.83. The van der Waals surface area contributed by atoms with Crippen LogP contribution < -0.4 is 4.74 Å². The van der Waals surface area contributed by atoms with Gasteiger partial charge in [-0.2, -0.15) is 0 Å². The summed E-state index contributed by atoms with van der Waals surface area (Å²) >= 11 is 0. The summed E-state index contributed by atoms with van der Waals surface area (Å²) in [7, 11) is 3.15. The summed E-state index contributed by atoms with van der Waals surface area (Å²) in [5.41, 5.74) is 0.848. The van der Waals surface area contributed by atoms with Crippen molar-refractivity contribution >= 4 is 11.9 Å². The zero-order valence-corrected chi connectivity index (χ0v) is 10.7. The zero-order chi connectivity index (χ0) is 13.7. The molecule has 98 valence electrons. The van der Waals surface area contributed by atoms with Gasteiger partial charge in [0.2, 0.25) is 5.91 Å². The van der Waals surface area contributed by atoms with Crippen LogP contribution in [0, 0.1) is 0 Å². The minimum atomic E-state index is -1.13. The molecule has 0 fully saturated rings. The third-order valence-electron chi connectivity index (χ3n) is 2.87. The smallest absolute Gasteiger partial charge is 0.312 e. The lowest BCUT2D eigenvalue weighted by Gasteiger charge is -2.26. The highest BCUT2D eigenvalue weighted by Crippen LogP contribution is 2.28. The van der Waals surface area contributed by atoms with E-state index in [2.05, 4.69) is 0 Å². The van der Waals surface area contributed by atoms with Gasteiger partial charge >= 0.3 is 5.97 Å². The van der Waals surface area contributed by atoms with E-state index in [0.717, 1.165) is 5.56 Å². The van der Waals surface area contributed by atoms with Gasteiger partial charge in [0.15, 0.2) is 0 Å². The normalized spacial score (nSPS) is 11.7. The van der Waals surface area contributed by atoms with Crippen LogP contribution in [0.5, 0.6) is 5.75 Å². The molecule has 0 aliphatic heterocycles. The van der Waals surface area contributed by atoms with E-state index >= 15 is 0 Å². The molecule has 1 rings (SSSR count). The summed E-state index contributed by atoms with van der Waals surface area (Å²) in [5, 5.41) is 8.61. The molecule has 1 N–H and O–H groups in total. The number of methoxy groups -OCH3 is 1. The molecule has 0 bridgehead atoms. The highest BCUT2D eigenvalue weighted by Gasteiger charge is 2.21. The molecule has 0 heterocycles. The van der Waals surface area contributed by atoms with Crippen LogP contribution in [-0.4, -0.2) is 36.0 Å². The predicted octanol–water partition coefficient (Wildman–Crippen LogP) is 1.69. The van der Waals surface area contributed by atoms with Crippen LogP contribution in [-0.2, 0) is 9.59 Å². The van der Waals surface area contributed by atoms with Gasteiger partial charge < -0.3 is 14.7 Å². The van der Waals surface area contributed by atoms with Gasteiger partial charge in [0.1, 0.15) is 12.2 Å². The van der Waals surface area contributed by atoms with Crippen LogP contribution in [0.3, 0.4) is 0 Å². The molecule has 1 aromatic carbocycles. The number of benzene rings is 1. The van der Waals surface area contributed by atoms with E-state index in [1.807, 2.05) is 25.1 Å². The molecular weight excluding hydrogens is 234 g/mol. The molecule has 0 saturated heterocycles. The van der Waals surface area contributed by atoms with Crippen molar-refractivity contribution in [3.05, 3.63) is 29.8 Å². The van der Waals surface area contributed by atoms with E-state index in [0.29, 0.717) is 5.75 Å². The lowest BCUT2D eigenvalue weighted by Crippen LogP contribution is -2.31. The van der Waals surface area contributed by atoms with Crippen LogP contribution >= 0.6 is 0 Å². The average molecular weight is 251 g/mol. The number of hydrogen-bond donors (Lipinski definition) is 1. The maximum atomic E-state index is 11.7. The van der Waals surface area contributed by atoms with Gasteiger partial charge in [-0.05, 0) is 13.0 Å². The first-order valence-corrected chi connectivity index (χ1v) is 5.57. The first-order chi connectivity index (χ1) is 8.47. The van der Waals surface area contributed by atoms with Crippen molar-refractivity contribution in [3.63, 3.8) is 0 Å². The van der Waals surface area contributed by atoms with Crippen molar-refractivity contribution < 1.29 is 19.4 Å². The van der Waals surface area contributed by atoms with Gasteiger partial charge in [-0.1, -0.05) is 18.2 Å². The Morgan fingerprint density at radius 1 is 1.39 bits per heavy atom. The number of ether oxygens (including phenoxy) is 1. The molecule has 18 heavy (non-hydrogen) atoms. The Hall–Kier alpha value is -2.04. The number of carbonyl (C=O) groups excluding carboxylic acids is 1. The second-order valence-electron chi connectivity index (χ2n) is 3.99. The molecule has 0 aromatic heterocycles. The summed E-state index contributed by atoms with van der Waals surface area (Å²) in [6, 6.07) is 7.11. The van der Waals surface area contributed by atoms with Gasteiger partial charge in [-0.15, -0.1) is 0 Å². The maximum absolute atomic E-state index is 11.7. The average Bonchev–Trinajstić information content (AvgIpc) is 2.36. The Bertz CT molecular complexity index is 444. The molecule has 0 radical (unpaired) electrons. The van der Waals surface area contributed by atoms with Gasteiger partial charge in [0.25, 0.3) is 0 Å². The molecule has 0 spiro atoms. The van der Waals surface area contributed by atoms with Crippen LogP contribution in [0.25, 0.3) is 0 Å². The number of rotatable bonds is 5. The fourth-order valence-corrected chi connectivity index (χ4v) is 1.69. The van der Waals surface area contributed by atoms with Crippen LogP contribution in [0.1, 0.15) is 24.9 Å². The van der Waals surface area contributed by atoms with Crippen molar-refractivity contribution in [1.82, 2.24) is 4.90 Å². The first kappa shape index (κ1) is 14.0. The number of amides is 1. The van der Waals surface area contributed by atoms with E-state index in [1.54, 1.807) is 20.2 Å². The minimum absolute atomic E-state index is 0.243. The predicted molar refractivity (Wildman–Crippen MR) is 66.4 cm³/mol. The SMILES string of the molecule is COc1ccccc1C(C)N(C)C(=O)CC(=O)O. The number of para-hydroxylation sites is 1. The molecule has 1 amide bonds. The van der Waals surface area contributed by atoms with Crippen LogP contribution in [0.15, 0.2) is 24.3 Å². The summed E-state index contributed by atoms with van der Waals surface area (Å²) in [4.78, 5) is 23.6. The Morgan fingerprint density at radius 2 is 2.00 bits per heavy atom. The van der Waals surface area contributed by atoms with Gasteiger partial charge in [-0.3, -0.25) is 9.59 Å². The Kier molecular flexibility index (Phi) is 4.71. The van der Waals surface area contributed by atoms with Crippen LogP contribution in [0.4, 0.5) is 0 Å².